The van der Waals surface area contributed by atoms with Crippen LogP contribution in [0.15, 0.2) is 6.20 Å². The zero-order chi connectivity index (χ0) is 10.7. The van der Waals surface area contributed by atoms with E-state index in [1.54, 1.807) is 11.3 Å². The van der Waals surface area contributed by atoms with Crippen molar-refractivity contribution in [1.29, 1.82) is 0 Å². The van der Waals surface area contributed by atoms with Crippen molar-refractivity contribution in [2.24, 2.45) is 0 Å². The van der Waals surface area contributed by atoms with E-state index in [1.165, 1.54) is 29.1 Å². The molecule has 1 aromatic heterocycles. The summed E-state index contributed by atoms with van der Waals surface area (Å²) in [5, 5.41) is 5.65. The molecular weight excluding hydrogens is 224 g/mol. The molecule has 0 saturated heterocycles. The molecule has 1 N–H and O–H groups in total. The molecular formula is C11H18N2S2. The smallest absolute Gasteiger partial charge is 0.0897 e. The minimum absolute atomic E-state index is 0.711. The minimum atomic E-state index is 0.711. The van der Waals surface area contributed by atoms with Crippen molar-refractivity contribution in [3.63, 3.8) is 0 Å². The first-order valence-electron chi connectivity index (χ1n) is 5.47. The summed E-state index contributed by atoms with van der Waals surface area (Å²) in [5.74, 6) is 0. The molecule has 2 unspecified atom stereocenters. The Morgan fingerprint density at radius 3 is 3.13 bits per heavy atom. The van der Waals surface area contributed by atoms with Crippen LogP contribution < -0.4 is 5.32 Å². The third-order valence-electron chi connectivity index (χ3n) is 2.96. The van der Waals surface area contributed by atoms with E-state index in [4.69, 9.17) is 0 Å². The van der Waals surface area contributed by atoms with Crippen molar-refractivity contribution in [3.05, 3.63) is 16.1 Å². The summed E-state index contributed by atoms with van der Waals surface area (Å²) >= 11 is 3.81. The topological polar surface area (TPSA) is 24.9 Å². The van der Waals surface area contributed by atoms with Gasteiger partial charge in [-0.05, 0) is 26.0 Å². The minimum Gasteiger partial charge on any atom is -0.308 e. The SMILES string of the molecule is CSC1CCCC1NCc1cnc(C)s1. The van der Waals surface area contributed by atoms with Crippen LogP contribution in [0.2, 0.25) is 0 Å². The first kappa shape index (κ1) is 11.4. The van der Waals surface area contributed by atoms with Gasteiger partial charge in [0.15, 0.2) is 0 Å². The number of aromatic nitrogens is 1. The fraction of sp³-hybridized carbons (Fsp3) is 0.727. The van der Waals surface area contributed by atoms with Crippen LogP contribution in [0, 0.1) is 6.92 Å². The summed E-state index contributed by atoms with van der Waals surface area (Å²) in [7, 11) is 0. The molecule has 2 atom stereocenters. The van der Waals surface area contributed by atoms with Crippen LogP contribution in [0.25, 0.3) is 0 Å². The molecule has 0 aliphatic heterocycles. The van der Waals surface area contributed by atoms with Crippen molar-refractivity contribution < 1.29 is 0 Å². The Labute approximate surface area is 99.9 Å². The lowest BCUT2D eigenvalue weighted by atomic mass is 10.2. The molecule has 2 nitrogen and oxygen atoms in total. The highest BCUT2D eigenvalue weighted by atomic mass is 32.2. The van der Waals surface area contributed by atoms with E-state index in [9.17, 15) is 0 Å². The molecule has 1 fully saturated rings. The average molecular weight is 242 g/mol. The van der Waals surface area contributed by atoms with Gasteiger partial charge in [-0.1, -0.05) is 6.42 Å². The normalized spacial score (nSPS) is 26.0. The molecule has 2 rings (SSSR count). The van der Waals surface area contributed by atoms with Gasteiger partial charge in [-0.3, -0.25) is 0 Å². The molecule has 1 aromatic rings. The van der Waals surface area contributed by atoms with E-state index < -0.39 is 0 Å². The molecule has 1 saturated carbocycles. The van der Waals surface area contributed by atoms with Crippen molar-refractivity contribution >= 4 is 23.1 Å². The number of thiazole rings is 1. The largest absolute Gasteiger partial charge is 0.308 e. The Hall–Kier alpha value is -0.0600. The molecule has 0 amide bonds. The van der Waals surface area contributed by atoms with Gasteiger partial charge in [-0.25, -0.2) is 4.98 Å². The predicted molar refractivity (Wildman–Crippen MR) is 68.6 cm³/mol. The molecule has 0 aromatic carbocycles. The fourth-order valence-electron chi connectivity index (χ4n) is 2.16. The van der Waals surface area contributed by atoms with Gasteiger partial charge in [-0.2, -0.15) is 11.8 Å². The van der Waals surface area contributed by atoms with Gasteiger partial charge in [0.1, 0.15) is 0 Å². The number of thioether (sulfide) groups is 1. The van der Waals surface area contributed by atoms with E-state index in [0.29, 0.717) is 6.04 Å². The number of hydrogen-bond acceptors (Lipinski definition) is 4. The summed E-state index contributed by atoms with van der Waals surface area (Å²) in [6.07, 6.45) is 8.31. The lowest BCUT2D eigenvalue weighted by molar-refractivity contribution is 0.535. The van der Waals surface area contributed by atoms with Crippen LogP contribution in [-0.4, -0.2) is 22.5 Å². The Bertz CT molecular complexity index is 311. The van der Waals surface area contributed by atoms with Crippen LogP contribution >= 0.6 is 23.1 Å². The van der Waals surface area contributed by atoms with E-state index in [0.717, 1.165) is 11.8 Å². The molecule has 0 spiro atoms. The highest BCUT2D eigenvalue weighted by molar-refractivity contribution is 7.99. The van der Waals surface area contributed by atoms with Crippen LogP contribution in [0.5, 0.6) is 0 Å². The lowest BCUT2D eigenvalue weighted by Gasteiger charge is -2.18. The first-order valence-corrected chi connectivity index (χ1v) is 7.57. The van der Waals surface area contributed by atoms with Gasteiger partial charge in [0.2, 0.25) is 0 Å². The molecule has 0 bridgehead atoms. The number of hydrogen-bond donors (Lipinski definition) is 1. The second-order valence-electron chi connectivity index (χ2n) is 4.04. The average Bonchev–Trinajstić information content (AvgIpc) is 2.83. The maximum absolute atomic E-state index is 4.27. The molecule has 15 heavy (non-hydrogen) atoms. The van der Waals surface area contributed by atoms with Crippen LogP contribution in [0.4, 0.5) is 0 Å². The van der Waals surface area contributed by atoms with Crippen LogP contribution in [-0.2, 0) is 6.54 Å². The molecule has 4 heteroatoms. The third kappa shape index (κ3) is 2.95. The molecule has 1 aliphatic rings. The highest BCUT2D eigenvalue weighted by Crippen LogP contribution is 2.28. The molecule has 0 radical (unpaired) electrons. The second-order valence-corrected chi connectivity index (χ2v) is 6.43. The standard InChI is InChI=1S/C11H18N2S2/c1-8-12-6-9(15-8)7-13-10-4-3-5-11(10)14-2/h6,10-11,13H,3-5,7H2,1-2H3. The van der Waals surface area contributed by atoms with Gasteiger partial charge < -0.3 is 5.32 Å². The quantitative estimate of drug-likeness (QED) is 0.879. The monoisotopic (exact) mass is 242 g/mol. The second kappa shape index (κ2) is 5.32. The third-order valence-corrected chi connectivity index (χ3v) is 5.05. The van der Waals surface area contributed by atoms with E-state index >= 15 is 0 Å². The van der Waals surface area contributed by atoms with Crippen LogP contribution in [0.1, 0.15) is 29.1 Å². The maximum atomic E-state index is 4.27. The zero-order valence-electron chi connectivity index (χ0n) is 9.32. The summed E-state index contributed by atoms with van der Waals surface area (Å²) in [6, 6.07) is 0.711. The van der Waals surface area contributed by atoms with Crippen molar-refractivity contribution in [3.8, 4) is 0 Å². The Balaban J connectivity index is 1.82. The molecule has 1 heterocycles. The van der Waals surface area contributed by atoms with Gasteiger partial charge >= 0.3 is 0 Å². The number of nitrogens with one attached hydrogen (secondary N) is 1. The Morgan fingerprint density at radius 2 is 2.47 bits per heavy atom. The number of nitrogens with zero attached hydrogens (tertiary/aromatic N) is 1. The van der Waals surface area contributed by atoms with Gasteiger partial charge in [0.05, 0.1) is 5.01 Å². The van der Waals surface area contributed by atoms with Gasteiger partial charge in [0.25, 0.3) is 0 Å². The van der Waals surface area contributed by atoms with E-state index in [-0.39, 0.29) is 0 Å². The predicted octanol–water partition coefficient (Wildman–Crippen LogP) is 2.83. The van der Waals surface area contributed by atoms with Crippen LogP contribution in [0.3, 0.4) is 0 Å². The summed E-state index contributed by atoms with van der Waals surface area (Å²) in [4.78, 5) is 5.63. The van der Waals surface area contributed by atoms with Gasteiger partial charge in [0, 0.05) is 28.9 Å². The zero-order valence-corrected chi connectivity index (χ0v) is 11.0. The number of aryl methyl sites for hydroxylation is 1. The highest BCUT2D eigenvalue weighted by Gasteiger charge is 2.25. The van der Waals surface area contributed by atoms with Crippen molar-refractivity contribution in [2.75, 3.05) is 6.26 Å². The summed E-state index contributed by atoms with van der Waals surface area (Å²) in [5.41, 5.74) is 0. The Kier molecular flexibility index (Phi) is 4.05. The number of rotatable bonds is 4. The van der Waals surface area contributed by atoms with Crippen molar-refractivity contribution in [2.45, 2.75) is 44.0 Å². The fourth-order valence-corrected chi connectivity index (χ4v) is 3.87. The molecule has 1 aliphatic carbocycles. The molecule has 84 valence electrons. The maximum Gasteiger partial charge on any atom is 0.0897 e. The summed E-state index contributed by atoms with van der Waals surface area (Å²) in [6.45, 7) is 3.06. The first-order chi connectivity index (χ1) is 7.29. The van der Waals surface area contributed by atoms with Crippen molar-refractivity contribution in [1.82, 2.24) is 10.3 Å². The van der Waals surface area contributed by atoms with E-state index in [2.05, 4.69) is 23.5 Å². The Morgan fingerprint density at radius 1 is 1.60 bits per heavy atom. The van der Waals surface area contributed by atoms with Gasteiger partial charge in [-0.15, -0.1) is 11.3 Å². The summed E-state index contributed by atoms with van der Waals surface area (Å²) < 4.78 is 0. The van der Waals surface area contributed by atoms with E-state index in [1.807, 2.05) is 18.0 Å². The lowest BCUT2D eigenvalue weighted by Crippen LogP contribution is -2.33.